The Morgan fingerprint density at radius 2 is 2.10 bits per heavy atom. The van der Waals surface area contributed by atoms with Gasteiger partial charge in [-0.05, 0) is 18.2 Å². The third kappa shape index (κ3) is 4.22. The fourth-order valence-corrected chi connectivity index (χ4v) is 4.56. The summed E-state index contributed by atoms with van der Waals surface area (Å²) in [7, 11) is 0. The molecule has 3 amide bonds. The molecule has 0 aromatic heterocycles. The molecule has 3 rings (SSSR count). The van der Waals surface area contributed by atoms with Gasteiger partial charge in [0, 0.05) is 16.9 Å². The number of amides is 3. The van der Waals surface area contributed by atoms with E-state index in [2.05, 4.69) is 15.2 Å². The van der Waals surface area contributed by atoms with Crippen LogP contribution in [0, 0.1) is 0 Å². The molecule has 1 fully saturated rings. The fraction of sp³-hybridized carbons (Fsp3) is 0.235. The third-order valence-electron chi connectivity index (χ3n) is 4.46. The van der Waals surface area contributed by atoms with Crippen molar-refractivity contribution in [3.05, 3.63) is 40.1 Å². The van der Waals surface area contributed by atoms with Crippen LogP contribution in [0.4, 0.5) is 4.79 Å². The van der Waals surface area contributed by atoms with Gasteiger partial charge in [0.2, 0.25) is 0 Å². The molecule has 0 aliphatic carbocycles. The Bertz CT molecular complexity index is 1040. The van der Waals surface area contributed by atoms with Gasteiger partial charge in [0.15, 0.2) is 5.71 Å². The standard InChI is InChI=1S/C17H15ClN4O8S/c18-8-3-6(1-2-9(8)23)10(21-29)13(24)20-11-14(25)22-12(16(26)27)7(4-30-17(19)28)5-31-15(11)22/h1-3,11,15,23,29H,4-5H2,(H2,19,28)(H,20,24)(H,26,27)/t11?,15-/m0/s1. The number of aromatic hydroxyl groups is 1. The topological polar surface area (TPSA) is 192 Å². The highest BCUT2D eigenvalue weighted by Gasteiger charge is 2.54. The summed E-state index contributed by atoms with van der Waals surface area (Å²) in [6.45, 7) is -0.388. The Labute approximate surface area is 183 Å². The second kappa shape index (κ2) is 8.73. The Morgan fingerprint density at radius 3 is 2.68 bits per heavy atom. The molecule has 6 N–H and O–H groups in total. The number of aliphatic carboxylic acids is 1. The van der Waals surface area contributed by atoms with E-state index in [0.717, 1.165) is 16.7 Å². The third-order valence-corrected chi connectivity index (χ3v) is 6.10. The SMILES string of the molecule is NC(=O)OCC1=C(C(=O)O)N2C(=O)C(NC(=O)C(=NO)c3ccc(O)c(Cl)c3)[C@@H]2SC1. The summed E-state index contributed by atoms with van der Waals surface area (Å²) in [5, 5.41) is 32.8. The van der Waals surface area contributed by atoms with Crippen molar-refractivity contribution in [1.29, 1.82) is 0 Å². The molecule has 2 atom stereocenters. The van der Waals surface area contributed by atoms with Crippen LogP contribution in [0.5, 0.6) is 5.75 Å². The number of nitrogens with two attached hydrogens (primary N) is 1. The van der Waals surface area contributed by atoms with Gasteiger partial charge >= 0.3 is 12.1 Å². The molecular formula is C17H15ClN4O8S. The van der Waals surface area contributed by atoms with E-state index in [0.29, 0.717) is 0 Å². The molecule has 164 valence electrons. The number of primary amides is 1. The zero-order valence-electron chi connectivity index (χ0n) is 15.4. The largest absolute Gasteiger partial charge is 0.506 e. The van der Waals surface area contributed by atoms with Crippen molar-refractivity contribution < 1.29 is 39.3 Å². The lowest BCUT2D eigenvalue weighted by Gasteiger charge is -2.49. The van der Waals surface area contributed by atoms with E-state index in [1.807, 2.05) is 0 Å². The van der Waals surface area contributed by atoms with Crippen molar-refractivity contribution in [2.75, 3.05) is 12.4 Å². The highest BCUT2D eigenvalue weighted by atomic mass is 35.5. The van der Waals surface area contributed by atoms with E-state index in [-0.39, 0.29) is 40.0 Å². The number of ether oxygens (including phenoxy) is 1. The number of fused-ring (bicyclic) bond motifs is 1. The van der Waals surface area contributed by atoms with Crippen molar-refractivity contribution in [2.45, 2.75) is 11.4 Å². The number of halogens is 1. The van der Waals surface area contributed by atoms with Crippen LogP contribution in [-0.2, 0) is 19.1 Å². The number of rotatable bonds is 6. The van der Waals surface area contributed by atoms with Crippen LogP contribution in [0.1, 0.15) is 5.56 Å². The number of oxime groups is 1. The Balaban J connectivity index is 1.77. The van der Waals surface area contributed by atoms with E-state index in [1.165, 1.54) is 18.2 Å². The number of carbonyl (C=O) groups excluding carboxylic acids is 3. The Hall–Kier alpha value is -3.45. The molecule has 2 aliphatic heterocycles. The van der Waals surface area contributed by atoms with Gasteiger partial charge < -0.3 is 31.2 Å². The number of phenolic OH excluding ortho intramolecular Hbond substituents is 1. The number of hydrogen-bond donors (Lipinski definition) is 5. The van der Waals surface area contributed by atoms with Crippen molar-refractivity contribution >= 4 is 53.0 Å². The minimum Gasteiger partial charge on any atom is -0.506 e. The van der Waals surface area contributed by atoms with E-state index in [9.17, 15) is 34.6 Å². The lowest BCUT2D eigenvalue weighted by Crippen LogP contribution is -2.71. The van der Waals surface area contributed by atoms with Gasteiger partial charge in [0.25, 0.3) is 11.8 Å². The number of hydrogen-bond acceptors (Lipinski definition) is 9. The van der Waals surface area contributed by atoms with Gasteiger partial charge in [-0.15, -0.1) is 11.8 Å². The fourth-order valence-electron chi connectivity index (χ4n) is 3.05. The van der Waals surface area contributed by atoms with E-state index >= 15 is 0 Å². The minimum atomic E-state index is -1.40. The monoisotopic (exact) mass is 470 g/mol. The number of phenols is 1. The van der Waals surface area contributed by atoms with Crippen LogP contribution in [-0.4, -0.2) is 73.7 Å². The summed E-state index contributed by atoms with van der Waals surface area (Å²) in [6, 6.07) is 2.60. The maximum absolute atomic E-state index is 12.6. The van der Waals surface area contributed by atoms with Crippen molar-refractivity contribution in [2.24, 2.45) is 10.9 Å². The molecule has 2 aliphatic rings. The first kappa shape index (κ1) is 22.2. The number of benzene rings is 1. The average molecular weight is 471 g/mol. The van der Waals surface area contributed by atoms with E-state index in [4.69, 9.17) is 17.3 Å². The summed E-state index contributed by atoms with van der Waals surface area (Å²) in [6.07, 6.45) is -1.09. The van der Waals surface area contributed by atoms with Crippen molar-refractivity contribution in [3.8, 4) is 5.75 Å². The molecule has 1 saturated heterocycles. The summed E-state index contributed by atoms with van der Waals surface area (Å²) in [5.74, 6) is -3.14. The van der Waals surface area contributed by atoms with Crippen LogP contribution in [0.2, 0.25) is 5.02 Å². The molecule has 1 unspecified atom stereocenters. The normalized spacial score (nSPS) is 20.6. The van der Waals surface area contributed by atoms with Crippen molar-refractivity contribution in [1.82, 2.24) is 10.2 Å². The van der Waals surface area contributed by atoms with Gasteiger partial charge in [0.05, 0.1) is 5.02 Å². The minimum absolute atomic E-state index is 0.0814. The van der Waals surface area contributed by atoms with Crippen LogP contribution in [0.25, 0.3) is 0 Å². The zero-order chi connectivity index (χ0) is 22.9. The molecule has 12 nitrogen and oxygen atoms in total. The van der Waals surface area contributed by atoms with E-state index < -0.39 is 41.0 Å². The van der Waals surface area contributed by atoms with Crippen LogP contribution in [0.3, 0.4) is 0 Å². The molecule has 0 bridgehead atoms. The highest BCUT2D eigenvalue weighted by molar-refractivity contribution is 8.00. The van der Waals surface area contributed by atoms with Crippen LogP contribution >= 0.6 is 23.4 Å². The Kier molecular flexibility index (Phi) is 6.27. The number of thioether (sulfide) groups is 1. The van der Waals surface area contributed by atoms with Gasteiger partial charge in [-0.2, -0.15) is 0 Å². The molecule has 0 radical (unpaired) electrons. The quantitative estimate of drug-likeness (QED) is 0.165. The second-order valence-electron chi connectivity index (χ2n) is 6.34. The number of β-lactam (4-membered cyclic amide) rings is 1. The first-order valence-corrected chi connectivity index (χ1v) is 9.92. The molecule has 2 heterocycles. The first-order valence-electron chi connectivity index (χ1n) is 8.49. The zero-order valence-corrected chi connectivity index (χ0v) is 17.0. The average Bonchev–Trinajstić information content (AvgIpc) is 2.72. The molecule has 1 aromatic carbocycles. The maximum Gasteiger partial charge on any atom is 0.404 e. The molecule has 0 saturated carbocycles. The number of carboxylic acids is 1. The summed E-state index contributed by atoms with van der Waals surface area (Å²) >= 11 is 6.95. The molecule has 14 heteroatoms. The second-order valence-corrected chi connectivity index (χ2v) is 7.85. The predicted octanol–water partition coefficient (Wildman–Crippen LogP) is 0.0578. The summed E-state index contributed by atoms with van der Waals surface area (Å²) in [4.78, 5) is 48.6. The number of carbonyl (C=O) groups is 4. The van der Waals surface area contributed by atoms with E-state index in [1.54, 1.807) is 0 Å². The van der Waals surface area contributed by atoms with Crippen LogP contribution < -0.4 is 11.1 Å². The molecule has 1 aromatic rings. The maximum atomic E-state index is 12.6. The molecule has 0 spiro atoms. The van der Waals surface area contributed by atoms with Gasteiger partial charge in [-0.3, -0.25) is 14.5 Å². The number of nitrogens with zero attached hydrogens (tertiary/aromatic N) is 2. The predicted molar refractivity (Wildman–Crippen MR) is 107 cm³/mol. The number of carboxylic acid groups (broad SMARTS) is 1. The molecule has 31 heavy (non-hydrogen) atoms. The smallest absolute Gasteiger partial charge is 0.404 e. The first-order chi connectivity index (χ1) is 14.6. The van der Waals surface area contributed by atoms with Crippen LogP contribution in [0.15, 0.2) is 34.6 Å². The summed E-state index contributed by atoms with van der Waals surface area (Å²) in [5.41, 5.74) is 4.36. The van der Waals surface area contributed by atoms with Gasteiger partial charge in [-0.1, -0.05) is 16.8 Å². The number of nitrogens with one attached hydrogen (secondary N) is 1. The van der Waals surface area contributed by atoms with Crippen molar-refractivity contribution in [3.63, 3.8) is 0 Å². The van der Waals surface area contributed by atoms with Gasteiger partial charge in [-0.25, -0.2) is 9.59 Å². The Morgan fingerprint density at radius 1 is 1.39 bits per heavy atom. The molecular weight excluding hydrogens is 456 g/mol. The lowest BCUT2D eigenvalue weighted by atomic mass is 10.0. The summed E-state index contributed by atoms with van der Waals surface area (Å²) < 4.78 is 4.63. The highest BCUT2D eigenvalue weighted by Crippen LogP contribution is 2.40. The van der Waals surface area contributed by atoms with Gasteiger partial charge in [0.1, 0.15) is 29.5 Å². The lowest BCUT2D eigenvalue weighted by molar-refractivity contribution is -0.150.